The Labute approximate surface area is 205 Å². The molecule has 0 spiro atoms. The second-order valence-corrected chi connectivity index (χ2v) is 8.32. The van der Waals surface area contributed by atoms with E-state index in [9.17, 15) is 9.59 Å². The van der Waals surface area contributed by atoms with Crippen molar-refractivity contribution in [3.63, 3.8) is 0 Å². The maximum absolute atomic E-state index is 12.6. The van der Waals surface area contributed by atoms with Crippen molar-refractivity contribution >= 4 is 44.8 Å². The van der Waals surface area contributed by atoms with Gasteiger partial charge in [0, 0.05) is 10.0 Å². The molecule has 0 aliphatic carbocycles. The van der Waals surface area contributed by atoms with Gasteiger partial charge in [0.25, 0.3) is 5.91 Å². The van der Waals surface area contributed by atoms with Gasteiger partial charge in [0.05, 0.1) is 11.8 Å². The number of hydrogen-bond donors (Lipinski definition) is 1. The lowest BCUT2D eigenvalue weighted by Crippen LogP contribution is -2.33. The first-order valence-electron chi connectivity index (χ1n) is 10.6. The first kappa shape index (κ1) is 23.2. The highest BCUT2D eigenvalue weighted by Gasteiger charge is 2.15. The molecule has 1 atom stereocenters. The molecule has 0 bridgehead atoms. The van der Waals surface area contributed by atoms with E-state index < -0.39 is 18.0 Å². The highest BCUT2D eigenvalue weighted by Crippen LogP contribution is 2.27. The monoisotopic (exact) mass is 516 g/mol. The minimum atomic E-state index is -0.763. The zero-order valence-electron chi connectivity index (χ0n) is 18.3. The van der Waals surface area contributed by atoms with Gasteiger partial charge >= 0.3 is 5.97 Å². The van der Waals surface area contributed by atoms with Crippen LogP contribution in [0.5, 0.6) is 11.5 Å². The van der Waals surface area contributed by atoms with E-state index in [0.29, 0.717) is 22.6 Å². The fourth-order valence-electron chi connectivity index (χ4n) is 3.25. The second kappa shape index (κ2) is 10.8. The number of nitrogens with one attached hydrogen (secondary N) is 1. The van der Waals surface area contributed by atoms with Gasteiger partial charge in [-0.25, -0.2) is 10.2 Å². The van der Waals surface area contributed by atoms with E-state index in [4.69, 9.17) is 9.47 Å². The predicted octanol–water partition coefficient (Wildman–Crippen LogP) is 5.74. The van der Waals surface area contributed by atoms with Crippen LogP contribution in [0.2, 0.25) is 0 Å². The van der Waals surface area contributed by atoms with Gasteiger partial charge < -0.3 is 9.47 Å². The zero-order valence-corrected chi connectivity index (χ0v) is 19.9. The quantitative estimate of drug-likeness (QED) is 0.147. The van der Waals surface area contributed by atoms with Crippen molar-refractivity contribution in [1.29, 1.82) is 0 Å². The van der Waals surface area contributed by atoms with Crippen molar-refractivity contribution in [3.05, 3.63) is 107 Å². The molecule has 4 aromatic carbocycles. The smallest absolute Gasteiger partial charge is 0.343 e. The van der Waals surface area contributed by atoms with Crippen LogP contribution in [0.3, 0.4) is 0 Å². The average Bonchev–Trinajstić information content (AvgIpc) is 2.86. The molecule has 0 heterocycles. The number of nitrogens with zero attached hydrogens (tertiary/aromatic N) is 1. The Morgan fingerprint density at radius 3 is 2.38 bits per heavy atom. The number of halogens is 1. The summed E-state index contributed by atoms with van der Waals surface area (Å²) in [5, 5.41) is 5.88. The number of rotatable bonds is 7. The number of carbonyl (C=O) groups excluding carboxylic acids is 2. The molecule has 1 N–H and O–H groups in total. The molecule has 0 radical (unpaired) electrons. The zero-order chi connectivity index (χ0) is 23.9. The number of carbonyl (C=O) groups is 2. The lowest BCUT2D eigenvalue weighted by molar-refractivity contribution is -0.127. The van der Waals surface area contributed by atoms with Gasteiger partial charge in [0.2, 0.25) is 0 Å². The number of benzene rings is 4. The number of esters is 1. The summed E-state index contributed by atoms with van der Waals surface area (Å²) in [6.07, 6.45) is 0.710. The van der Waals surface area contributed by atoms with E-state index in [0.717, 1.165) is 15.2 Å². The van der Waals surface area contributed by atoms with Gasteiger partial charge in [0.1, 0.15) is 11.5 Å². The van der Waals surface area contributed by atoms with Gasteiger partial charge in [-0.05, 0) is 60.2 Å². The third-order valence-corrected chi connectivity index (χ3v) is 5.54. The van der Waals surface area contributed by atoms with Crippen molar-refractivity contribution in [3.8, 4) is 11.5 Å². The van der Waals surface area contributed by atoms with E-state index in [-0.39, 0.29) is 0 Å². The fraction of sp³-hybridized carbons (Fsp3) is 0.0741. The highest BCUT2D eigenvalue weighted by atomic mass is 79.9. The van der Waals surface area contributed by atoms with Crippen molar-refractivity contribution in [2.75, 3.05) is 0 Å². The van der Waals surface area contributed by atoms with Crippen LogP contribution < -0.4 is 14.9 Å². The first-order chi connectivity index (χ1) is 16.5. The Balaban J connectivity index is 1.52. The molecule has 0 aliphatic heterocycles. The van der Waals surface area contributed by atoms with Gasteiger partial charge in [-0.2, -0.15) is 5.10 Å². The summed E-state index contributed by atoms with van der Waals surface area (Å²) < 4.78 is 12.2. The Morgan fingerprint density at radius 2 is 1.62 bits per heavy atom. The normalized spacial score (nSPS) is 11.8. The maximum Gasteiger partial charge on any atom is 0.343 e. The van der Waals surface area contributed by atoms with Crippen LogP contribution in [0.15, 0.2) is 101 Å². The van der Waals surface area contributed by atoms with Crippen LogP contribution in [-0.4, -0.2) is 24.2 Å². The summed E-state index contributed by atoms with van der Waals surface area (Å²) in [6, 6.07) is 27.2. The molecule has 0 fully saturated rings. The topological polar surface area (TPSA) is 77.0 Å². The molecule has 6 nitrogen and oxygen atoms in total. The fourth-order valence-corrected chi connectivity index (χ4v) is 3.52. The van der Waals surface area contributed by atoms with Crippen molar-refractivity contribution < 1.29 is 19.1 Å². The van der Waals surface area contributed by atoms with Crippen LogP contribution in [-0.2, 0) is 4.79 Å². The maximum atomic E-state index is 12.6. The van der Waals surface area contributed by atoms with Crippen LogP contribution in [0, 0.1) is 0 Å². The van der Waals surface area contributed by atoms with Gasteiger partial charge in [0.15, 0.2) is 6.10 Å². The van der Waals surface area contributed by atoms with Crippen LogP contribution >= 0.6 is 15.9 Å². The predicted molar refractivity (Wildman–Crippen MR) is 135 cm³/mol. The van der Waals surface area contributed by atoms with Gasteiger partial charge in [-0.15, -0.1) is 0 Å². The molecule has 0 saturated heterocycles. The summed E-state index contributed by atoms with van der Waals surface area (Å²) in [7, 11) is 0. The molecule has 0 aliphatic rings. The first-order valence-corrected chi connectivity index (χ1v) is 11.3. The summed E-state index contributed by atoms with van der Waals surface area (Å²) in [4.78, 5) is 25.1. The van der Waals surface area contributed by atoms with Crippen molar-refractivity contribution in [2.24, 2.45) is 5.10 Å². The SMILES string of the molecule is C[C@@H](Oc1ccc(Br)cc1)C(=O)N/N=C\c1c(OC(=O)c2ccccc2)ccc2ccccc12. The molecule has 0 unspecified atom stereocenters. The second-order valence-electron chi connectivity index (χ2n) is 7.40. The minimum Gasteiger partial charge on any atom is -0.481 e. The molecule has 7 heteroatoms. The van der Waals surface area contributed by atoms with Crippen LogP contribution in [0.4, 0.5) is 0 Å². The standard InChI is InChI=1S/C27H21BrN2O4/c1-18(33-22-14-12-21(28)13-15-22)26(31)30-29-17-24-23-10-6-5-7-19(23)11-16-25(24)34-27(32)20-8-3-2-4-9-20/h2-18H,1H3,(H,30,31)/b29-17-/t18-/m1/s1. The van der Waals surface area contributed by atoms with Crippen molar-refractivity contribution in [2.45, 2.75) is 13.0 Å². The van der Waals surface area contributed by atoms with Crippen LogP contribution in [0.1, 0.15) is 22.8 Å². The van der Waals surface area contributed by atoms with E-state index in [2.05, 4.69) is 26.5 Å². The van der Waals surface area contributed by atoms with Gasteiger partial charge in [-0.1, -0.05) is 64.5 Å². The Bertz CT molecular complexity index is 1340. The van der Waals surface area contributed by atoms with E-state index in [1.54, 1.807) is 49.4 Å². The van der Waals surface area contributed by atoms with E-state index in [1.165, 1.54) is 6.21 Å². The molecule has 0 aromatic heterocycles. The average molecular weight is 517 g/mol. The molecule has 0 saturated carbocycles. The lowest BCUT2D eigenvalue weighted by atomic mass is 10.0. The number of hydrogen-bond acceptors (Lipinski definition) is 5. The number of hydrazone groups is 1. The van der Waals surface area contributed by atoms with Gasteiger partial charge in [-0.3, -0.25) is 4.79 Å². The number of fused-ring (bicyclic) bond motifs is 1. The lowest BCUT2D eigenvalue weighted by Gasteiger charge is -2.13. The van der Waals surface area contributed by atoms with Crippen LogP contribution in [0.25, 0.3) is 10.8 Å². The minimum absolute atomic E-state index is 0.338. The van der Waals surface area contributed by atoms with E-state index in [1.807, 2.05) is 48.5 Å². The third kappa shape index (κ3) is 5.68. The molecular weight excluding hydrogens is 496 g/mol. The Morgan fingerprint density at radius 1 is 0.912 bits per heavy atom. The van der Waals surface area contributed by atoms with Crippen molar-refractivity contribution in [1.82, 2.24) is 5.43 Å². The number of amides is 1. The third-order valence-electron chi connectivity index (χ3n) is 5.01. The molecule has 4 rings (SSSR count). The molecule has 170 valence electrons. The highest BCUT2D eigenvalue weighted by molar-refractivity contribution is 9.10. The molecule has 1 amide bonds. The summed E-state index contributed by atoms with van der Waals surface area (Å²) in [5.74, 6) is 0.0111. The largest absolute Gasteiger partial charge is 0.481 e. The molecule has 4 aromatic rings. The molecule has 34 heavy (non-hydrogen) atoms. The number of ether oxygens (including phenoxy) is 2. The summed E-state index contributed by atoms with van der Waals surface area (Å²) in [6.45, 7) is 1.64. The Kier molecular flexibility index (Phi) is 7.34. The summed E-state index contributed by atoms with van der Waals surface area (Å²) in [5.41, 5.74) is 3.50. The molecular formula is C27H21BrN2O4. The Hall–Kier alpha value is -3.97. The summed E-state index contributed by atoms with van der Waals surface area (Å²) >= 11 is 3.36. The van der Waals surface area contributed by atoms with E-state index >= 15 is 0 Å².